The first-order chi connectivity index (χ1) is 13.2. The number of rotatable bonds is 4. The minimum absolute atomic E-state index is 0.0749. The molecule has 148 valence electrons. The molecule has 28 heavy (non-hydrogen) atoms. The van der Waals surface area contributed by atoms with Gasteiger partial charge in [0.15, 0.2) is 0 Å². The molecule has 1 N–H and O–H groups in total. The molecule has 1 saturated heterocycles. The Morgan fingerprint density at radius 3 is 2.46 bits per heavy atom. The quantitative estimate of drug-likeness (QED) is 0.863. The summed E-state index contributed by atoms with van der Waals surface area (Å²) in [6, 6.07) is 11.4. The molecule has 0 unspecified atom stereocenters. The molecule has 3 rings (SSSR count). The Balaban J connectivity index is 1.76. The summed E-state index contributed by atoms with van der Waals surface area (Å²) in [5, 5.41) is 2.91. The lowest BCUT2D eigenvalue weighted by Gasteiger charge is -2.22. The predicted molar refractivity (Wildman–Crippen MR) is 107 cm³/mol. The molecule has 1 atom stereocenters. The van der Waals surface area contributed by atoms with Gasteiger partial charge in [0.2, 0.25) is 11.8 Å². The molecule has 0 saturated carbocycles. The third-order valence-electron chi connectivity index (χ3n) is 4.96. The van der Waals surface area contributed by atoms with E-state index in [9.17, 15) is 14.0 Å². The number of nitrogens with zero attached hydrogens (tertiary/aromatic N) is 1. The molecule has 2 aromatic carbocycles. The van der Waals surface area contributed by atoms with Crippen LogP contribution in [0.1, 0.15) is 32.8 Å². The Kier molecular flexibility index (Phi) is 5.40. The number of hydrogen-bond acceptors (Lipinski definition) is 3. The van der Waals surface area contributed by atoms with Gasteiger partial charge in [-0.3, -0.25) is 9.59 Å². The van der Waals surface area contributed by atoms with Gasteiger partial charge < -0.3 is 15.0 Å². The number of nitrogens with one attached hydrogen (secondary N) is 1. The van der Waals surface area contributed by atoms with Crippen LogP contribution >= 0.6 is 0 Å². The minimum Gasteiger partial charge on any atom is -0.495 e. The second-order valence-corrected chi connectivity index (χ2v) is 8.04. The first-order valence-electron chi connectivity index (χ1n) is 9.24. The molecule has 0 aliphatic carbocycles. The van der Waals surface area contributed by atoms with Gasteiger partial charge in [-0.05, 0) is 47.4 Å². The fourth-order valence-corrected chi connectivity index (χ4v) is 3.26. The standard InChI is InChI=1S/C22H25FN2O3/c1-22(2,3)15-5-10-19(28-4)18(12-15)24-21(27)14-11-20(26)25(13-14)17-8-6-16(23)7-9-17/h5-10,12,14H,11,13H2,1-4H3,(H,24,27)/t14-/m1/s1. The molecule has 1 aliphatic heterocycles. The van der Waals surface area contributed by atoms with Crippen molar-refractivity contribution in [3.8, 4) is 5.75 Å². The highest BCUT2D eigenvalue weighted by Gasteiger charge is 2.35. The minimum atomic E-state index is -0.486. The molecule has 0 radical (unpaired) electrons. The van der Waals surface area contributed by atoms with E-state index in [1.54, 1.807) is 19.2 Å². The number of ether oxygens (including phenoxy) is 1. The van der Waals surface area contributed by atoms with E-state index in [4.69, 9.17) is 4.74 Å². The van der Waals surface area contributed by atoms with E-state index in [-0.39, 0.29) is 36.0 Å². The zero-order valence-corrected chi connectivity index (χ0v) is 16.6. The molecule has 2 aromatic rings. The third-order valence-corrected chi connectivity index (χ3v) is 4.96. The Morgan fingerprint density at radius 2 is 1.86 bits per heavy atom. The molecule has 0 aromatic heterocycles. The lowest BCUT2D eigenvalue weighted by molar-refractivity contribution is -0.122. The Labute approximate surface area is 164 Å². The van der Waals surface area contributed by atoms with Crippen LogP contribution in [0.3, 0.4) is 0 Å². The zero-order valence-electron chi connectivity index (χ0n) is 16.6. The van der Waals surface area contributed by atoms with Crippen molar-refractivity contribution in [2.75, 3.05) is 23.9 Å². The van der Waals surface area contributed by atoms with Gasteiger partial charge in [0, 0.05) is 18.7 Å². The lowest BCUT2D eigenvalue weighted by atomic mass is 9.86. The van der Waals surface area contributed by atoms with Gasteiger partial charge in [-0.15, -0.1) is 0 Å². The summed E-state index contributed by atoms with van der Waals surface area (Å²) in [6.07, 6.45) is 0.116. The zero-order chi connectivity index (χ0) is 20.5. The maximum absolute atomic E-state index is 13.1. The van der Waals surface area contributed by atoms with Crippen molar-refractivity contribution in [2.45, 2.75) is 32.6 Å². The number of amides is 2. The summed E-state index contributed by atoms with van der Waals surface area (Å²) in [6.45, 7) is 6.54. The van der Waals surface area contributed by atoms with Gasteiger partial charge in [0.1, 0.15) is 11.6 Å². The number of methoxy groups -OCH3 is 1. The van der Waals surface area contributed by atoms with Crippen LogP contribution in [0.15, 0.2) is 42.5 Å². The first kappa shape index (κ1) is 19.9. The molecule has 2 amide bonds. The maximum atomic E-state index is 13.1. The maximum Gasteiger partial charge on any atom is 0.229 e. The lowest BCUT2D eigenvalue weighted by Crippen LogP contribution is -2.28. The van der Waals surface area contributed by atoms with E-state index in [1.165, 1.54) is 17.0 Å². The third kappa shape index (κ3) is 4.16. The van der Waals surface area contributed by atoms with Crippen molar-refractivity contribution in [3.63, 3.8) is 0 Å². The largest absolute Gasteiger partial charge is 0.495 e. The highest BCUT2D eigenvalue weighted by atomic mass is 19.1. The molecule has 5 nitrogen and oxygen atoms in total. The fourth-order valence-electron chi connectivity index (χ4n) is 3.26. The fraction of sp³-hybridized carbons (Fsp3) is 0.364. The van der Waals surface area contributed by atoms with Crippen LogP contribution in [-0.4, -0.2) is 25.5 Å². The van der Waals surface area contributed by atoms with E-state index in [0.29, 0.717) is 17.1 Å². The summed E-state index contributed by atoms with van der Waals surface area (Å²) in [7, 11) is 1.55. The monoisotopic (exact) mass is 384 g/mol. The highest BCUT2D eigenvalue weighted by Crippen LogP contribution is 2.33. The number of halogens is 1. The smallest absolute Gasteiger partial charge is 0.229 e. The van der Waals surface area contributed by atoms with Crippen molar-refractivity contribution in [1.29, 1.82) is 0 Å². The van der Waals surface area contributed by atoms with E-state index >= 15 is 0 Å². The van der Waals surface area contributed by atoms with Crippen molar-refractivity contribution in [3.05, 3.63) is 53.8 Å². The average molecular weight is 384 g/mol. The molecule has 6 heteroatoms. The van der Waals surface area contributed by atoms with E-state index in [1.807, 2.05) is 18.2 Å². The average Bonchev–Trinajstić information content (AvgIpc) is 3.03. The van der Waals surface area contributed by atoms with Crippen LogP contribution in [0.4, 0.5) is 15.8 Å². The van der Waals surface area contributed by atoms with E-state index < -0.39 is 5.92 Å². The van der Waals surface area contributed by atoms with Crippen LogP contribution < -0.4 is 15.0 Å². The molecule has 1 heterocycles. The Hall–Kier alpha value is -2.89. The van der Waals surface area contributed by atoms with Gasteiger partial charge >= 0.3 is 0 Å². The highest BCUT2D eigenvalue weighted by molar-refractivity contribution is 6.04. The summed E-state index contributed by atoms with van der Waals surface area (Å²) in [4.78, 5) is 26.7. The molecule has 0 spiro atoms. The number of benzene rings is 2. The van der Waals surface area contributed by atoms with Crippen molar-refractivity contribution in [2.24, 2.45) is 5.92 Å². The second-order valence-electron chi connectivity index (χ2n) is 8.04. The number of hydrogen-bond donors (Lipinski definition) is 1. The van der Waals surface area contributed by atoms with Gasteiger partial charge in [-0.25, -0.2) is 4.39 Å². The normalized spacial score (nSPS) is 17.0. The summed E-state index contributed by atoms with van der Waals surface area (Å²) >= 11 is 0. The van der Waals surface area contributed by atoms with Crippen LogP contribution in [0, 0.1) is 11.7 Å². The topological polar surface area (TPSA) is 58.6 Å². The van der Waals surface area contributed by atoms with Crippen molar-refractivity contribution >= 4 is 23.2 Å². The number of anilines is 2. The number of carbonyl (C=O) groups is 2. The summed E-state index contributed by atoms with van der Waals surface area (Å²) < 4.78 is 18.5. The molecular weight excluding hydrogens is 359 g/mol. The van der Waals surface area contributed by atoms with Gasteiger partial charge in [0.05, 0.1) is 18.7 Å². The van der Waals surface area contributed by atoms with Gasteiger partial charge in [-0.2, -0.15) is 0 Å². The first-order valence-corrected chi connectivity index (χ1v) is 9.24. The van der Waals surface area contributed by atoms with E-state index in [0.717, 1.165) is 5.56 Å². The molecular formula is C22H25FN2O3. The Bertz CT molecular complexity index is 888. The van der Waals surface area contributed by atoms with Gasteiger partial charge in [-0.1, -0.05) is 26.8 Å². The summed E-state index contributed by atoms with van der Waals surface area (Å²) in [5.74, 6) is -0.665. The molecule has 0 bridgehead atoms. The van der Waals surface area contributed by atoms with E-state index in [2.05, 4.69) is 26.1 Å². The van der Waals surface area contributed by atoms with Crippen LogP contribution in [0.5, 0.6) is 5.75 Å². The number of carbonyl (C=O) groups excluding carboxylic acids is 2. The van der Waals surface area contributed by atoms with Crippen molar-refractivity contribution < 1.29 is 18.7 Å². The molecule has 1 fully saturated rings. The predicted octanol–water partition coefficient (Wildman–Crippen LogP) is 4.12. The Morgan fingerprint density at radius 1 is 1.18 bits per heavy atom. The summed E-state index contributed by atoms with van der Waals surface area (Å²) in [5.41, 5.74) is 2.18. The van der Waals surface area contributed by atoms with Crippen LogP contribution in [0.2, 0.25) is 0 Å². The SMILES string of the molecule is COc1ccc(C(C)(C)C)cc1NC(=O)[C@@H]1CC(=O)N(c2ccc(F)cc2)C1. The molecule has 1 aliphatic rings. The second kappa shape index (κ2) is 7.62. The van der Waals surface area contributed by atoms with Crippen LogP contribution in [0.25, 0.3) is 0 Å². The van der Waals surface area contributed by atoms with Crippen molar-refractivity contribution in [1.82, 2.24) is 0 Å². The van der Waals surface area contributed by atoms with Crippen LogP contribution in [-0.2, 0) is 15.0 Å². The van der Waals surface area contributed by atoms with Gasteiger partial charge in [0.25, 0.3) is 0 Å².